The van der Waals surface area contributed by atoms with E-state index in [-0.39, 0.29) is 0 Å². The van der Waals surface area contributed by atoms with Crippen LogP contribution in [0, 0.1) is 0 Å². The van der Waals surface area contributed by atoms with Crippen LogP contribution in [-0.2, 0) is 0 Å². The molecule has 0 aromatic heterocycles. The molecule has 4 bridgehead atoms. The summed E-state index contributed by atoms with van der Waals surface area (Å²) >= 11 is 0. The van der Waals surface area contributed by atoms with E-state index in [1.807, 2.05) is 0 Å². The third-order valence-electron chi connectivity index (χ3n) is 6.60. The fourth-order valence-electron chi connectivity index (χ4n) is 4.09. The van der Waals surface area contributed by atoms with Crippen molar-refractivity contribution in [3.05, 3.63) is 0 Å². The average Bonchev–Trinajstić information content (AvgIpc) is 2.58. The van der Waals surface area contributed by atoms with Crippen LogP contribution >= 0.6 is 0 Å². The van der Waals surface area contributed by atoms with Crippen LogP contribution in [0.25, 0.3) is 0 Å². The van der Waals surface area contributed by atoms with Crippen molar-refractivity contribution < 1.29 is 8.97 Å². The summed E-state index contributed by atoms with van der Waals surface area (Å²) in [7, 11) is 7.27. The molecule has 0 aromatic rings. The van der Waals surface area contributed by atoms with Crippen molar-refractivity contribution in [3.63, 3.8) is 0 Å². The zero-order chi connectivity index (χ0) is 15.6. The number of hydrogen-bond donors (Lipinski definition) is 0. The van der Waals surface area contributed by atoms with E-state index in [0.717, 1.165) is 0 Å². The first-order valence-corrected chi connectivity index (χ1v) is 9.27. The number of nitrogens with zero attached hydrogens (tertiary/aromatic N) is 5. The van der Waals surface area contributed by atoms with E-state index in [1.54, 1.807) is 0 Å². The van der Waals surface area contributed by atoms with Crippen molar-refractivity contribution in [2.45, 2.75) is 0 Å². The highest BCUT2D eigenvalue weighted by Gasteiger charge is 2.37. The molecule has 4 aliphatic heterocycles. The molecule has 4 saturated heterocycles. The Bertz CT molecular complexity index is 330. The molecule has 4 heterocycles. The van der Waals surface area contributed by atoms with Gasteiger partial charge in [0.15, 0.2) is 0 Å². The van der Waals surface area contributed by atoms with E-state index < -0.39 is 0 Å². The lowest BCUT2D eigenvalue weighted by Crippen LogP contribution is -2.66. The fourth-order valence-corrected chi connectivity index (χ4v) is 4.09. The molecule has 2 atom stereocenters. The molecule has 5 nitrogen and oxygen atoms in total. The van der Waals surface area contributed by atoms with Gasteiger partial charge in [-0.2, -0.15) is 0 Å². The van der Waals surface area contributed by atoms with Crippen molar-refractivity contribution in [2.24, 2.45) is 0 Å². The molecule has 4 rings (SSSR count). The SMILES string of the molecule is CN1CCN2CCN(CC1)CC[N+]1(C)CC[N+](C)(CC2)CC1. The van der Waals surface area contributed by atoms with E-state index in [1.165, 1.54) is 101 Å². The lowest BCUT2D eigenvalue weighted by Gasteiger charge is -2.47. The number of piperazine rings is 1. The monoisotopic (exact) mass is 311 g/mol. The van der Waals surface area contributed by atoms with Crippen molar-refractivity contribution in [1.82, 2.24) is 14.7 Å². The molecule has 128 valence electrons. The summed E-state index contributed by atoms with van der Waals surface area (Å²) in [6.07, 6.45) is 0. The molecule has 2 unspecified atom stereocenters. The van der Waals surface area contributed by atoms with Crippen LogP contribution in [0.3, 0.4) is 0 Å². The molecule has 0 aromatic carbocycles. The topological polar surface area (TPSA) is 9.72 Å². The zero-order valence-corrected chi connectivity index (χ0v) is 15.1. The minimum atomic E-state index is 1.23. The van der Waals surface area contributed by atoms with Crippen LogP contribution < -0.4 is 0 Å². The van der Waals surface area contributed by atoms with E-state index in [9.17, 15) is 0 Å². The predicted octanol–water partition coefficient (Wildman–Crippen LogP) is -0.544. The van der Waals surface area contributed by atoms with Gasteiger partial charge in [-0.25, -0.2) is 0 Å². The summed E-state index contributed by atoms with van der Waals surface area (Å²) in [4.78, 5) is 7.97. The zero-order valence-electron chi connectivity index (χ0n) is 15.1. The summed E-state index contributed by atoms with van der Waals surface area (Å²) in [5.41, 5.74) is 0. The van der Waals surface area contributed by atoms with Crippen molar-refractivity contribution in [1.29, 1.82) is 0 Å². The second-order valence-corrected chi connectivity index (χ2v) is 8.57. The Hall–Kier alpha value is -0.200. The Morgan fingerprint density at radius 2 is 0.864 bits per heavy atom. The van der Waals surface area contributed by atoms with Crippen LogP contribution in [0.4, 0.5) is 0 Å². The van der Waals surface area contributed by atoms with Crippen LogP contribution in [0.1, 0.15) is 0 Å². The maximum atomic E-state index is 2.72. The van der Waals surface area contributed by atoms with Gasteiger partial charge in [-0.05, 0) is 7.05 Å². The summed E-state index contributed by atoms with van der Waals surface area (Å²) < 4.78 is 2.59. The summed E-state index contributed by atoms with van der Waals surface area (Å²) in [6.45, 7) is 18.2. The average molecular weight is 312 g/mol. The molecule has 5 heteroatoms. The minimum Gasteiger partial charge on any atom is -0.316 e. The fraction of sp³-hybridized carbons (Fsp3) is 1.00. The molecular weight excluding hydrogens is 274 g/mol. The Kier molecular flexibility index (Phi) is 5.10. The maximum Gasteiger partial charge on any atom is 0.128 e. The summed E-state index contributed by atoms with van der Waals surface area (Å²) in [5, 5.41) is 0. The largest absolute Gasteiger partial charge is 0.316 e. The smallest absolute Gasteiger partial charge is 0.128 e. The van der Waals surface area contributed by atoms with E-state index >= 15 is 0 Å². The quantitative estimate of drug-likeness (QED) is 0.556. The van der Waals surface area contributed by atoms with Gasteiger partial charge >= 0.3 is 0 Å². The van der Waals surface area contributed by atoms with Gasteiger partial charge in [0.1, 0.15) is 26.2 Å². The predicted molar refractivity (Wildman–Crippen MR) is 91.9 cm³/mol. The Morgan fingerprint density at radius 1 is 0.500 bits per heavy atom. The van der Waals surface area contributed by atoms with Gasteiger partial charge in [-0.3, -0.25) is 9.80 Å². The molecule has 4 aliphatic rings. The van der Waals surface area contributed by atoms with Crippen molar-refractivity contribution in [3.8, 4) is 0 Å². The van der Waals surface area contributed by atoms with Crippen LogP contribution in [0.15, 0.2) is 0 Å². The molecule has 0 spiro atoms. The number of rotatable bonds is 0. The first kappa shape index (κ1) is 16.7. The van der Waals surface area contributed by atoms with Gasteiger partial charge in [0.2, 0.25) is 0 Å². The first-order chi connectivity index (χ1) is 10.5. The second-order valence-electron chi connectivity index (χ2n) is 8.57. The second kappa shape index (κ2) is 6.73. The molecule has 4 fully saturated rings. The first-order valence-electron chi connectivity index (χ1n) is 9.27. The van der Waals surface area contributed by atoms with Gasteiger partial charge < -0.3 is 13.9 Å². The lowest BCUT2D eigenvalue weighted by molar-refractivity contribution is -1.01. The number of fused-ring (bicyclic) bond motifs is 4. The van der Waals surface area contributed by atoms with E-state index in [4.69, 9.17) is 0 Å². The van der Waals surface area contributed by atoms with Crippen molar-refractivity contribution in [2.75, 3.05) is 113 Å². The molecule has 0 aliphatic carbocycles. The number of quaternary nitrogens is 2. The number of hydrogen-bond acceptors (Lipinski definition) is 3. The van der Waals surface area contributed by atoms with Crippen LogP contribution in [0.2, 0.25) is 0 Å². The maximum absolute atomic E-state index is 2.72. The van der Waals surface area contributed by atoms with Gasteiger partial charge in [-0.1, -0.05) is 0 Å². The summed E-state index contributed by atoms with van der Waals surface area (Å²) in [6, 6.07) is 0. The highest BCUT2D eigenvalue weighted by Crippen LogP contribution is 2.17. The molecule has 0 N–H and O–H groups in total. The van der Waals surface area contributed by atoms with Crippen molar-refractivity contribution >= 4 is 0 Å². The normalized spacial score (nSPS) is 45.4. The Labute approximate surface area is 137 Å². The highest BCUT2D eigenvalue weighted by atomic mass is 15.5. The van der Waals surface area contributed by atoms with Gasteiger partial charge in [0, 0.05) is 52.4 Å². The van der Waals surface area contributed by atoms with Gasteiger partial charge in [0.05, 0.1) is 27.2 Å². The standard InChI is InChI=1S/C17H37N5/c1-18-4-6-19-8-9-20(7-5-18)11-13-22(3)16-14-21(2,12-10-19)15-17-22/h4-17H2,1-3H3/q+2. The number of likely N-dealkylation sites (N-methyl/N-ethyl adjacent to an activating group) is 3. The van der Waals surface area contributed by atoms with Gasteiger partial charge in [-0.15, -0.1) is 0 Å². The Balaban J connectivity index is 1.74. The molecule has 0 radical (unpaired) electrons. The van der Waals surface area contributed by atoms with Gasteiger partial charge in [0.25, 0.3) is 0 Å². The molecule has 22 heavy (non-hydrogen) atoms. The van der Waals surface area contributed by atoms with Crippen LogP contribution in [0.5, 0.6) is 0 Å². The van der Waals surface area contributed by atoms with E-state index in [0.29, 0.717) is 0 Å². The molecule has 0 amide bonds. The van der Waals surface area contributed by atoms with Crippen LogP contribution in [-0.4, -0.2) is 136 Å². The third-order valence-corrected chi connectivity index (χ3v) is 6.60. The Morgan fingerprint density at radius 3 is 1.27 bits per heavy atom. The third kappa shape index (κ3) is 4.20. The molecule has 0 saturated carbocycles. The highest BCUT2D eigenvalue weighted by molar-refractivity contribution is 4.71. The van der Waals surface area contributed by atoms with E-state index in [2.05, 4.69) is 35.8 Å². The minimum absolute atomic E-state index is 1.23. The summed E-state index contributed by atoms with van der Waals surface area (Å²) in [5.74, 6) is 0. The lowest BCUT2D eigenvalue weighted by atomic mass is 10.2. The molecular formula is C17H37N5+2.